The molecule has 0 bridgehead atoms. The summed E-state index contributed by atoms with van der Waals surface area (Å²) in [5.41, 5.74) is 9.21. The number of hydrogen-bond donors (Lipinski definition) is 2. The molecule has 8 heteroatoms. The largest absolute Gasteiger partial charge is 0.493 e. The number of H-pyrrole nitrogens is 1. The molecule has 1 atom stereocenters. The summed E-state index contributed by atoms with van der Waals surface area (Å²) in [6, 6.07) is 13.6. The normalized spacial score (nSPS) is 15.2. The summed E-state index contributed by atoms with van der Waals surface area (Å²) in [5, 5.41) is 16.8. The number of aryl methyl sites for hydroxylation is 1. The van der Waals surface area contributed by atoms with Crippen molar-refractivity contribution >= 4 is 0 Å². The molecule has 0 fully saturated rings. The van der Waals surface area contributed by atoms with Crippen molar-refractivity contribution in [2.75, 3.05) is 7.11 Å². The van der Waals surface area contributed by atoms with Crippen molar-refractivity contribution in [1.82, 2.24) is 10.2 Å². The first kappa shape index (κ1) is 19.3. The molecule has 2 heterocycles. The summed E-state index contributed by atoms with van der Waals surface area (Å²) in [5.74, 6) is 0.412. The van der Waals surface area contributed by atoms with E-state index in [1.807, 2.05) is 19.1 Å². The van der Waals surface area contributed by atoms with Crippen LogP contribution in [0.5, 0.6) is 17.4 Å². The first-order chi connectivity index (χ1) is 14.5. The average molecular weight is 406 g/mol. The first-order valence-electron chi connectivity index (χ1n) is 9.20. The predicted molar refractivity (Wildman–Crippen MR) is 106 cm³/mol. The minimum atomic E-state index is -0.546. The summed E-state index contributed by atoms with van der Waals surface area (Å²) in [7, 11) is 1.54. The number of benzene rings is 2. The van der Waals surface area contributed by atoms with Crippen LogP contribution in [0.2, 0.25) is 0 Å². The van der Waals surface area contributed by atoms with E-state index in [1.54, 1.807) is 18.2 Å². The molecule has 0 radical (unpaired) electrons. The summed E-state index contributed by atoms with van der Waals surface area (Å²) < 4.78 is 30.4. The maximum absolute atomic E-state index is 13.2. The minimum Gasteiger partial charge on any atom is -0.493 e. The van der Waals surface area contributed by atoms with E-state index >= 15 is 0 Å². The van der Waals surface area contributed by atoms with E-state index in [1.165, 1.54) is 19.2 Å². The molecular formula is C22H19FN4O3. The van der Waals surface area contributed by atoms with Gasteiger partial charge in [-0.05, 0) is 30.7 Å². The number of hydrogen-bond acceptors (Lipinski definition) is 6. The number of nitriles is 1. The fraction of sp³-hybridized carbons (Fsp3) is 0.182. The summed E-state index contributed by atoms with van der Waals surface area (Å²) in [6.07, 6.45) is 0. The van der Waals surface area contributed by atoms with Crippen LogP contribution in [-0.4, -0.2) is 17.3 Å². The van der Waals surface area contributed by atoms with Gasteiger partial charge in [-0.15, -0.1) is 5.10 Å². The fourth-order valence-electron chi connectivity index (χ4n) is 3.52. The molecule has 3 N–H and O–H groups in total. The molecule has 0 aliphatic carbocycles. The number of ether oxygens (including phenoxy) is 3. The summed E-state index contributed by atoms with van der Waals surface area (Å²) in [6.45, 7) is 2.03. The predicted octanol–water partition coefficient (Wildman–Crippen LogP) is 3.66. The number of nitrogens with zero attached hydrogens (tertiary/aromatic N) is 2. The van der Waals surface area contributed by atoms with Crippen molar-refractivity contribution in [3.63, 3.8) is 0 Å². The second-order valence-electron chi connectivity index (χ2n) is 6.79. The zero-order valence-corrected chi connectivity index (χ0v) is 16.4. The van der Waals surface area contributed by atoms with Crippen LogP contribution in [0.1, 0.15) is 28.3 Å². The summed E-state index contributed by atoms with van der Waals surface area (Å²) in [4.78, 5) is 0. The Morgan fingerprint density at radius 1 is 1.27 bits per heavy atom. The molecule has 3 aromatic rings. The van der Waals surface area contributed by atoms with Gasteiger partial charge in [0.25, 0.3) is 0 Å². The number of halogens is 1. The average Bonchev–Trinajstić information content (AvgIpc) is 3.12. The Morgan fingerprint density at radius 3 is 2.73 bits per heavy atom. The summed E-state index contributed by atoms with van der Waals surface area (Å²) >= 11 is 0. The Kier molecular flexibility index (Phi) is 5.02. The van der Waals surface area contributed by atoms with Crippen LogP contribution in [0.4, 0.5) is 4.39 Å². The van der Waals surface area contributed by atoms with E-state index < -0.39 is 5.92 Å². The SMILES string of the molecule is COc1cccc(C2C(C#N)=C(N)Oc3n[nH]c(C)c32)c1OCc1ccc(F)cc1. The zero-order valence-electron chi connectivity index (χ0n) is 16.4. The second kappa shape index (κ2) is 7.79. The van der Waals surface area contributed by atoms with Crippen LogP contribution in [0, 0.1) is 24.1 Å². The van der Waals surface area contributed by atoms with Gasteiger partial charge in [-0.3, -0.25) is 5.10 Å². The number of aromatic amines is 1. The van der Waals surface area contributed by atoms with Crippen LogP contribution >= 0.6 is 0 Å². The molecule has 30 heavy (non-hydrogen) atoms. The minimum absolute atomic E-state index is 0.00574. The fourth-order valence-corrected chi connectivity index (χ4v) is 3.52. The molecule has 0 spiro atoms. The lowest BCUT2D eigenvalue weighted by molar-refractivity contribution is 0.280. The number of nitrogens with one attached hydrogen (secondary N) is 1. The lowest BCUT2D eigenvalue weighted by atomic mass is 9.83. The highest BCUT2D eigenvalue weighted by Gasteiger charge is 2.36. The zero-order chi connectivity index (χ0) is 21.3. The molecule has 4 rings (SSSR count). The maximum Gasteiger partial charge on any atom is 0.244 e. The van der Waals surface area contributed by atoms with Gasteiger partial charge in [0, 0.05) is 16.8 Å². The van der Waals surface area contributed by atoms with Gasteiger partial charge in [0.2, 0.25) is 11.8 Å². The van der Waals surface area contributed by atoms with Gasteiger partial charge in [-0.25, -0.2) is 4.39 Å². The molecule has 1 aliphatic heterocycles. The standard InChI is InChI=1S/C22H19FN4O3/c1-12-18-19(16(10-24)21(25)30-22(18)27-26-12)15-4-3-5-17(28-2)20(15)29-11-13-6-8-14(23)9-7-13/h3-9,19H,11,25H2,1-2H3,(H,26,27). The van der Waals surface area contributed by atoms with E-state index in [2.05, 4.69) is 16.3 Å². The molecule has 1 aliphatic rings. The van der Waals surface area contributed by atoms with Gasteiger partial charge in [-0.1, -0.05) is 24.3 Å². The van der Waals surface area contributed by atoms with Gasteiger partial charge in [0.15, 0.2) is 11.5 Å². The number of methoxy groups -OCH3 is 1. The number of rotatable bonds is 5. The topological polar surface area (TPSA) is 106 Å². The van der Waals surface area contributed by atoms with Crippen LogP contribution in [0.15, 0.2) is 53.9 Å². The Balaban J connectivity index is 1.81. The third-order valence-electron chi connectivity index (χ3n) is 4.97. The lowest BCUT2D eigenvalue weighted by Gasteiger charge is -2.26. The molecular weight excluding hydrogens is 387 g/mol. The van der Waals surface area contributed by atoms with Gasteiger partial charge in [0.1, 0.15) is 24.1 Å². The van der Waals surface area contributed by atoms with Gasteiger partial charge in [-0.2, -0.15) is 5.26 Å². The van der Waals surface area contributed by atoms with Gasteiger partial charge < -0.3 is 19.9 Å². The van der Waals surface area contributed by atoms with E-state index in [4.69, 9.17) is 19.9 Å². The number of aromatic nitrogens is 2. The molecule has 2 aromatic carbocycles. The van der Waals surface area contributed by atoms with Gasteiger partial charge >= 0.3 is 0 Å². The van der Waals surface area contributed by atoms with Crippen molar-refractivity contribution in [1.29, 1.82) is 5.26 Å². The Labute approximate surface area is 172 Å². The molecule has 0 amide bonds. The number of allylic oxidation sites excluding steroid dienone is 1. The van der Waals surface area contributed by atoms with Crippen molar-refractivity contribution in [2.24, 2.45) is 5.73 Å². The monoisotopic (exact) mass is 406 g/mol. The lowest BCUT2D eigenvalue weighted by Crippen LogP contribution is -2.21. The number of para-hydroxylation sites is 1. The van der Waals surface area contributed by atoms with Crippen molar-refractivity contribution in [3.05, 3.63) is 82.1 Å². The van der Waals surface area contributed by atoms with Crippen molar-refractivity contribution in [3.8, 4) is 23.4 Å². The van der Waals surface area contributed by atoms with Crippen molar-refractivity contribution in [2.45, 2.75) is 19.4 Å². The Bertz CT molecular complexity index is 1160. The molecule has 0 saturated carbocycles. The molecule has 1 unspecified atom stereocenters. The molecule has 152 valence electrons. The number of fused-ring (bicyclic) bond motifs is 1. The second-order valence-corrected chi connectivity index (χ2v) is 6.79. The maximum atomic E-state index is 13.2. The third-order valence-corrected chi connectivity index (χ3v) is 4.97. The van der Waals surface area contributed by atoms with E-state index in [-0.39, 0.29) is 23.9 Å². The smallest absolute Gasteiger partial charge is 0.244 e. The molecule has 1 aromatic heterocycles. The van der Waals surface area contributed by atoms with E-state index in [9.17, 15) is 9.65 Å². The van der Waals surface area contributed by atoms with Gasteiger partial charge in [0.05, 0.1) is 13.0 Å². The molecule has 0 saturated heterocycles. The highest BCUT2D eigenvalue weighted by Crippen LogP contribution is 2.47. The van der Waals surface area contributed by atoms with Crippen LogP contribution in [-0.2, 0) is 6.61 Å². The van der Waals surface area contributed by atoms with E-state index in [0.717, 1.165) is 11.3 Å². The van der Waals surface area contributed by atoms with Crippen molar-refractivity contribution < 1.29 is 18.6 Å². The number of nitrogens with two attached hydrogens (primary N) is 1. The van der Waals surface area contributed by atoms with Crippen LogP contribution in [0.25, 0.3) is 0 Å². The quantitative estimate of drug-likeness (QED) is 0.670. The van der Waals surface area contributed by atoms with Crippen LogP contribution in [0.3, 0.4) is 0 Å². The molecule has 7 nitrogen and oxygen atoms in total. The Morgan fingerprint density at radius 2 is 2.03 bits per heavy atom. The van der Waals surface area contributed by atoms with Crippen LogP contribution < -0.4 is 19.9 Å². The van der Waals surface area contributed by atoms with E-state index in [0.29, 0.717) is 28.5 Å². The first-order valence-corrected chi connectivity index (χ1v) is 9.20. The highest BCUT2D eigenvalue weighted by atomic mass is 19.1. The third kappa shape index (κ3) is 3.31. The Hall–Kier alpha value is -3.99. The highest BCUT2D eigenvalue weighted by molar-refractivity contribution is 5.60.